The van der Waals surface area contributed by atoms with Crippen LogP contribution in [0.3, 0.4) is 0 Å². The minimum absolute atomic E-state index is 0.00123. The third kappa shape index (κ3) is 4.15. The van der Waals surface area contributed by atoms with E-state index in [9.17, 15) is 9.18 Å². The number of carbonyl (C=O) groups is 1. The van der Waals surface area contributed by atoms with Gasteiger partial charge in [0.1, 0.15) is 5.82 Å². The first-order chi connectivity index (χ1) is 8.04. The molecule has 1 amide bonds. The highest BCUT2D eigenvalue weighted by Gasteiger charge is 2.11. The summed E-state index contributed by atoms with van der Waals surface area (Å²) in [5.41, 5.74) is 1.51. The molecular weight excluding hydrogens is 219 g/mol. The van der Waals surface area contributed by atoms with E-state index in [4.69, 9.17) is 0 Å². The molecule has 4 heteroatoms. The van der Waals surface area contributed by atoms with Gasteiger partial charge in [0, 0.05) is 19.0 Å². The molecule has 1 atom stereocenters. The van der Waals surface area contributed by atoms with Crippen molar-refractivity contribution in [3.63, 3.8) is 0 Å². The summed E-state index contributed by atoms with van der Waals surface area (Å²) in [7, 11) is 1.81. The summed E-state index contributed by atoms with van der Waals surface area (Å²) < 4.78 is 13.0. The maximum absolute atomic E-state index is 13.0. The molecule has 0 fully saturated rings. The average Bonchev–Trinajstić information content (AvgIpc) is 2.30. The highest BCUT2D eigenvalue weighted by Crippen LogP contribution is 2.09. The van der Waals surface area contributed by atoms with Gasteiger partial charge in [-0.05, 0) is 31.2 Å². The van der Waals surface area contributed by atoms with E-state index < -0.39 is 0 Å². The van der Waals surface area contributed by atoms with Crippen molar-refractivity contribution in [1.82, 2.24) is 10.6 Å². The van der Waals surface area contributed by atoms with E-state index in [1.165, 1.54) is 6.07 Å². The molecule has 0 aliphatic heterocycles. The number of carbonyl (C=O) groups excluding carboxylic acids is 1. The Bertz CT molecular complexity index is 393. The summed E-state index contributed by atoms with van der Waals surface area (Å²) in [6, 6.07) is 4.86. The van der Waals surface area contributed by atoms with Gasteiger partial charge in [-0.15, -0.1) is 0 Å². The van der Waals surface area contributed by atoms with Crippen LogP contribution in [0.2, 0.25) is 0 Å². The third-order valence-corrected chi connectivity index (χ3v) is 2.65. The number of amides is 1. The molecule has 1 aromatic rings. The zero-order valence-corrected chi connectivity index (χ0v) is 10.5. The minimum Gasteiger partial charge on any atom is -0.352 e. The summed E-state index contributed by atoms with van der Waals surface area (Å²) in [5, 5.41) is 5.78. The first-order valence-electron chi connectivity index (χ1n) is 5.72. The predicted molar refractivity (Wildman–Crippen MR) is 66.1 cm³/mol. The van der Waals surface area contributed by atoms with Gasteiger partial charge in [-0.1, -0.05) is 19.1 Å². The molecule has 1 aromatic carbocycles. The Kier molecular flexibility index (Phi) is 5.10. The lowest BCUT2D eigenvalue weighted by Gasteiger charge is -2.11. The van der Waals surface area contributed by atoms with Crippen LogP contribution >= 0.6 is 0 Å². The zero-order valence-electron chi connectivity index (χ0n) is 10.5. The minimum atomic E-state index is -0.219. The molecule has 17 heavy (non-hydrogen) atoms. The van der Waals surface area contributed by atoms with Crippen LogP contribution < -0.4 is 10.6 Å². The molecule has 1 rings (SSSR count). The van der Waals surface area contributed by atoms with E-state index in [0.29, 0.717) is 18.7 Å². The van der Waals surface area contributed by atoms with Gasteiger partial charge in [0.05, 0.1) is 0 Å². The first-order valence-corrected chi connectivity index (χ1v) is 5.72. The standard InChI is InChI=1S/C13H19FN2O/c1-9-6-11(4-5-12(9)14)8-16-13(17)10(2)7-15-3/h4-6,10,15H,7-8H2,1-3H3,(H,16,17). The van der Waals surface area contributed by atoms with Crippen molar-refractivity contribution in [2.24, 2.45) is 5.92 Å². The van der Waals surface area contributed by atoms with Crippen LogP contribution in [-0.4, -0.2) is 19.5 Å². The van der Waals surface area contributed by atoms with Crippen molar-refractivity contribution >= 4 is 5.91 Å². The van der Waals surface area contributed by atoms with Crippen molar-refractivity contribution < 1.29 is 9.18 Å². The third-order valence-electron chi connectivity index (χ3n) is 2.65. The number of hydrogen-bond donors (Lipinski definition) is 2. The summed E-state index contributed by atoms with van der Waals surface area (Å²) in [6.45, 7) is 4.66. The van der Waals surface area contributed by atoms with Crippen LogP contribution in [0.4, 0.5) is 4.39 Å². The number of rotatable bonds is 5. The Labute approximate surface area is 101 Å². The SMILES string of the molecule is CNCC(C)C(=O)NCc1ccc(F)c(C)c1. The van der Waals surface area contributed by atoms with Crippen LogP contribution in [0.5, 0.6) is 0 Å². The van der Waals surface area contributed by atoms with E-state index in [1.54, 1.807) is 19.1 Å². The normalized spacial score (nSPS) is 12.2. The van der Waals surface area contributed by atoms with Gasteiger partial charge >= 0.3 is 0 Å². The average molecular weight is 238 g/mol. The van der Waals surface area contributed by atoms with Crippen LogP contribution in [-0.2, 0) is 11.3 Å². The molecule has 3 nitrogen and oxygen atoms in total. The van der Waals surface area contributed by atoms with Crippen molar-refractivity contribution in [2.45, 2.75) is 20.4 Å². The fourth-order valence-corrected chi connectivity index (χ4v) is 1.58. The van der Waals surface area contributed by atoms with E-state index >= 15 is 0 Å². The Morgan fingerprint density at radius 1 is 1.47 bits per heavy atom. The summed E-state index contributed by atoms with van der Waals surface area (Å²) >= 11 is 0. The van der Waals surface area contributed by atoms with Gasteiger partial charge in [0.2, 0.25) is 5.91 Å². The quantitative estimate of drug-likeness (QED) is 0.818. The molecule has 0 bridgehead atoms. The lowest BCUT2D eigenvalue weighted by molar-refractivity contribution is -0.124. The Morgan fingerprint density at radius 3 is 2.76 bits per heavy atom. The smallest absolute Gasteiger partial charge is 0.224 e. The zero-order chi connectivity index (χ0) is 12.8. The number of hydrogen-bond acceptors (Lipinski definition) is 2. The number of benzene rings is 1. The maximum atomic E-state index is 13.0. The lowest BCUT2D eigenvalue weighted by Crippen LogP contribution is -2.33. The van der Waals surface area contributed by atoms with Crippen LogP contribution in [0, 0.1) is 18.7 Å². The van der Waals surface area contributed by atoms with Gasteiger partial charge in [0.15, 0.2) is 0 Å². The fraction of sp³-hybridized carbons (Fsp3) is 0.462. The van der Waals surface area contributed by atoms with E-state index in [1.807, 2.05) is 14.0 Å². The largest absolute Gasteiger partial charge is 0.352 e. The lowest BCUT2D eigenvalue weighted by atomic mass is 10.1. The molecule has 0 saturated heterocycles. The maximum Gasteiger partial charge on any atom is 0.224 e. The highest BCUT2D eigenvalue weighted by atomic mass is 19.1. The molecule has 94 valence electrons. The number of aryl methyl sites for hydroxylation is 1. The molecule has 2 N–H and O–H groups in total. The van der Waals surface area contributed by atoms with Gasteiger partial charge in [-0.2, -0.15) is 0 Å². The number of halogens is 1. The molecule has 0 saturated carbocycles. The summed E-state index contributed by atoms with van der Waals surface area (Å²) in [6.07, 6.45) is 0. The second kappa shape index (κ2) is 6.35. The van der Waals surface area contributed by atoms with Crippen molar-refractivity contribution in [3.05, 3.63) is 35.1 Å². The second-order valence-corrected chi connectivity index (χ2v) is 4.26. The van der Waals surface area contributed by atoms with Crippen LogP contribution in [0.15, 0.2) is 18.2 Å². The van der Waals surface area contributed by atoms with E-state index in [0.717, 1.165) is 5.56 Å². The van der Waals surface area contributed by atoms with Gasteiger partial charge in [-0.3, -0.25) is 4.79 Å². The molecule has 0 radical (unpaired) electrons. The molecule has 0 spiro atoms. The Hall–Kier alpha value is -1.42. The predicted octanol–water partition coefficient (Wildman–Crippen LogP) is 1.61. The van der Waals surface area contributed by atoms with Gasteiger partial charge in [0.25, 0.3) is 0 Å². The van der Waals surface area contributed by atoms with Crippen LogP contribution in [0.25, 0.3) is 0 Å². The molecule has 0 aromatic heterocycles. The summed E-state index contributed by atoms with van der Waals surface area (Å²) in [5.74, 6) is -0.286. The van der Waals surface area contributed by atoms with Crippen molar-refractivity contribution in [2.75, 3.05) is 13.6 Å². The summed E-state index contributed by atoms with van der Waals surface area (Å²) in [4.78, 5) is 11.6. The number of nitrogens with one attached hydrogen (secondary N) is 2. The first kappa shape index (κ1) is 13.6. The van der Waals surface area contributed by atoms with Gasteiger partial charge < -0.3 is 10.6 Å². The topological polar surface area (TPSA) is 41.1 Å². The molecule has 0 aliphatic rings. The fourth-order valence-electron chi connectivity index (χ4n) is 1.58. The Morgan fingerprint density at radius 2 is 2.18 bits per heavy atom. The molecule has 1 unspecified atom stereocenters. The van der Waals surface area contributed by atoms with Gasteiger partial charge in [-0.25, -0.2) is 4.39 Å². The second-order valence-electron chi connectivity index (χ2n) is 4.26. The van der Waals surface area contributed by atoms with Crippen molar-refractivity contribution in [1.29, 1.82) is 0 Å². The Balaban J connectivity index is 2.50. The van der Waals surface area contributed by atoms with E-state index in [-0.39, 0.29) is 17.6 Å². The van der Waals surface area contributed by atoms with E-state index in [2.05, 4.69) is 10.6 Å². The molecular formula is C13H19FN2O. The van der Waals surface area contributed by atoms with Crippen LogP contribution in [0.1, 0.15) is 18.1 Å². The monoisotopic (exact) mass is 238 g/mol. The molecule has 0 aliphatic carbocycles. The van der Waals surface area contributed by atoms with Crippen molar-refractivity contribution in [3.8, 4) is 0 Å². The molecule has 0 heterocycles. The highest BCUT2D eigenvalue weighted by molar-refractivity contribution is 5.78.